The smallest absolute Gasteiger partial charge is 0.143 e. The second kappa shape index (κ2) is 9.29. The largest absolute Gasteiger partial charge is 0.455 e. The third-order valence-electron chi connectivity index (χ3n) is 9.59. The lowest BCUT2D eigenvalue weighted by molar-refractivity contribution is 0.673. The fourth-order valence-electron chi connectivity index (χ4n) is 7.48. The summed E-state index contributed by atoms with van der Waals surface area (Å²) >= 11 is 0. The van der Waals surface area contributed by atoms with Crippen LogP contribution in [0.1, 0.15) is 0 Å². The van der Waals surface area contributed by atoms with Gasteiger partial charge in [-0.05, 0) is 101 Å². The molecule has 0 spiro atoms. The zero-order valence-corrected chi connectivity index (χ0v) is 24.4. The van der Waals surface area contributed by atoms with Crippen LogP contribution in [0.5, 0.6) is 0 Å². The number of furan rings is 1. The minimum absolute atomic E-state index is 0.906. The van der Waals surface area contributed by atoms with Gasteiger partial charge in [0.25, 0.3) is 0 Å². The summed E-state index contributed by atoms with van der Waals surface area (Å²) in [5.41, 5.74) is 6.61. The molecular weight excluding hydrogens is 544 g/mol. The first-order valence-electron chi connectivity index (χ1n) is 15.5. The standard InChI is InChI=1S/C44H26O/c1-2-12-30-23-31(18-17-27(30)9-1)33-25-40(43-38-22-20-29-11-4-8-16-36(29)44(38)45-41(43)26-33)42-35-15-7-5-13-32(35)24-39-34-14-6-3-10-28(34)19-21-37(39)42/h1-26H. The van der Waals surface area contributed by atoms with E-state index in [1.54, 1.807) is 0 Å². The third-order valence-corrected chi connectivity index (χ3v) is 9.59. The maximum absolute atomic E-state index is 6.87. The lowest BCUT2D eigenvalue weighted by Crippen LogP contribution is -1.89. The van der Waals surface area contributed by atoms with Gasteiger partial charge in [0.15, 0.2) is 0 Å². The molecule has 0 saturated carbocycles. The molecule has 45 heavy (non-hydrogen) atoms. The zero-order valence-electron chi connectivity index (χ0n) is 24.4. The van der Waals surface area contributed by atoms with Crippen LogP contribution < -0.4 is 0 Å². The second-order valence-corrected chi connectivity index (χ2v) is 12.1. The van der Waals surface area contributed by atoms with Gasteiger partial charge in [-0.2, -0.15) is 0 Å². The van der Waals surface area contributed by atoms with Crippen LogP contribution >= 0.6 is 0 Å². The van der Waals surface area contributed by atoms with E-state index in [4.69, 9.17) is 4.42 Å². The molecule has 0 bridgehead atoms. The minimum Gasteiger partial charge on any atom is -0.455 e. The molecule has 208 valence electrons. The number of rotatable bonds is 2. The predicted octanol–water partition coefficient (Wildman–Crippen LogP) is 12.7. The Labute approximate surface area is 259 Å². The second-order valence-electron chi connectivity index (χ2n) is 12.1. The van der Waals surface area contributed by atoms with Crippen molar-refractivity contribution in [2.75, 3.05) is 0 Å². The van der Waals surface area contributed by atoms with Gasteiger partial charge in [0.2, 0.25) is 0 Å². The summed E-state index contributed by atoms with van der Waals surface area (Å²) in [6, 6.07) is 57.4. The van der Waals surface area contributed by atoms with Crippen LogP contribution in [-0.4, -0.2) is 0 Å². The topological polar surface area (TPSA) is 13.1 Å². The number of hydrogen-bond acceptors (Lipinski definition) is 1. The van der Waals surface area contributed by atoms with E-state index in [9.17, 15) is 0 Å². The molecule has 10 rings (SSSR count). The van der Waals surface area contributed by atoms with Crippen LogP contribution in [0.25, 0.3) is 98.1 Å². The van der Waals surface area contributed by atoms with E-state index in [0.717, 1.165) is 32.9 Å². The van der Waals surface area contributed by atoms with Crippen LogP contribution in [-0.2, 0) is 0 Å². The number of hydrogen-bond donors (Lipinski definition) is 0. The molecule has 1 heteroatoms. The van der Waals surface area contributed by atoms with Gasteiger partial charge in [-0.15, -0.1) is 0 Å². The van der Waals surface area contributed by atoms with Crippen molar-refractivity contribution >= 4 is 75.8 Å². The first-order valence-corrected chi connectivity index (χ1v) is 15.5. The molecule has 0 N–H and O–H groups in total. The van der Waals surface area contributed by atoms with Gasteiger partial charge in [-0.1, -0.05) is 127 Å². The van der Waals surface area contributed by atoms with Crippen LogP contribution in [0.2, 0.25) is 0 Å². The Kier molecular flexibility index (Phi) is 5.06. The third kappa shape index (κ3) is 3.62. The zero-order chi connectivity index (χ0) is 29.5. The van der Waals surface area contributed by atoms with Crippen LogP contribution in [0.3, 0.4) is 0 Å². The summed E-state index contributed by atoms with van der Waals surface area (Å²) in [7, 11) is 0. The van der Waals surface area contributed by atoms with E-state index >= 15 is 0 Å². The Bertz CT molecular complexity index is 2820. The fourth-order valence-corrected chi connectivity index (χ4v) is 7.48. The van der Waals surface area contributed by atoms with Gasteiger partial charge in [-0.25, -0.2) is 0 Å². The predicted molar refractivity (Wildman–Crippen MR) is 192 cm³/mol. The van der Waals surface area contributed by atoms with E-state index in [2.05, 4.69) is 158 Å². The molecule has 0 aliphatic heterocycles. The highest BCUT2D eigenvalue weighted by molar-refractivity contribution is 6.26. The molecule has 1 nitrogen and oxygen atoms in total. The SMILES string of the molecule is c1ccc2cc(-c3cc(-c4c5ccccc5cc5c4ccc4ccccc45)c4c(c3)oc3c5ccccc5ccc34)ccc2c1. The highest BCUT2D eigenvalue weighted by Crippen LogP contribution is 2.47. The maximum Gasteiger partial charge on any atom is 0.143 e. The van der Waals surface area contributed by atoms with Gasteiger partial charge < -0.3 is 4.42 Å². The van der Waals surface area contributed by atoms with Gasteiger partial charge >= 0.3 is 0 Å². The lowest BCUT2D eigenvalue weighted by atomic mass is 9.86. The van der Waals surface area contributed by atoms with Crippen molar-refractivity contribution in [1.29, 1.82) is 0 Å². The van der Waals surface area contributed by atoms with Crippen molar-refractivity contribution in [3.63, 3.8) is 0 Å². The summed E-state index contributed by atoms with van der Waals surface area (Å²) in [5.74, 6) is 0. The molecule has 1 aromatic heterocycles. The Morgan fingerprint density at radius 3 is 1.78 bits per heavy atom. The molecule has 0 aliphatic carbocycles. The maximum atomic E-state index is 6.87. The van der Waals surface area contributed by atoms with Crippen LogP contribution in [0.4, 0.5) is 0 Å². The van der Waals surface area contributed by atoms with Crippen molar-refractivity contribution in [3.8, 4) is 22.3 Å². The Morgan fingerprint density at radius 1 is 0.333 bits per heavy atom. The molecule has 0 radical (unpaired) electrons. The summed E-state index contributed by atoms with van der Waals surface area (Å²) in [6.45, 7) is 0. The van der Waals surface area contributed by atoms with Crippen molar-refractivity contribution in [3.05, 3.63) is 158 Å². The summed E-state index contributed by atoms with van der Waals surface area (Å²) < 4.78 is 6.87. The monoisotopic (exact) mass is 570 g/mol. The van der Waals surface area contributed by atoms with E-state index in [1.165, 1.54) is 65.2 Å². The highest BCUT2D eigenvalue weighted by Gasteiger charge is 2.21. The Morgan fingerprint density at radius 2 is 0.956 bits per heavy atom. The minimum atomic E-state index is 0.906. The molecule has 0 saturated heterocycles. The quantitative estimate of drug-likeness (QED) is 0.149. The van der Waals surface area contributed by atoms with Gasteiger partial charge in [0.1, 0.15) is 11.2 Å². The molecular formula is C44H26O. The average Bonchev–Trinajstić information content (AvgIpc) is 3.49. The molecule has 0 amide bonds. The van der Waals surface area contributed by atoms with E-state index in [1.807, 2.05) is 0 Å². The Balaban J connectivity index is 1.40. The number of fused-ring (bicyclic) bond motifs is 10. The van der Waals surface area contributed by atoms with Crippen molar-refractivity contribution < 1.29 is 4.42 Å². The van der Waals surface area contributed by atoms with E-state index in [0.29, 0.717) is 0 Å². The summed E-state index contributed by atoms with van der Waals surface area (Å²) in [4.78, 5) is 0. The van der Waals surface area contributed by atoms with Crippen molar-refractivity contribution in [2.45, 2.75) is 0 Å². The summed E-state index contributed by atoms with van der Waals surface area (Å²) in [5, 5.41) is 14.6. The van der Waals surface area contributed by atoms with Gasteiger partial charge in [0.05, 0.1) is 0 Å². The lowest BCUT2D eigenvalue weighted by Gasteiger charge is -2.16. The molecule has 0 unspecified atom stereocenters. The molecule has 0 fully saturated rings. The highest BCUT2D eigenvalue weighted by atomic mass is 16.3. The Hall–Kier alpha value is -5.92. The first-order chi connectivity index (χ1) is 22.3. The van der Waals surface area contributed by atoms with E-state index in [-0.39, 0.29) is 0 Å². The van der Waals surface area contributed by atoms with E-state index < -0.39 is 0 Å². The molecule has 9 aromatic carbocycles. The summed E-state index contributed by atoms with van der Waals surface area (Å²) in [6.07, 6.45) is 0. The van der Waals surface area contributed by atoms with Gasteiger partial charge in [-0.3, -0.25) is 0 Å². The average molecular weight is 571 g/mol. The molecule has 10 aromatic rings. The first kappa shape index (κ1) is 24.5. The molecule has 0 atom stereocenters. The van der Waals surface area contributed by atoms with Gasteiger partial charge in [0, 0.05) is 16.2 Å². The fraction of sp³-hybridized carbons (Fsp3) is 0. The van der Waals surface area contributed by atoms with Crippen molar-refractivity contribution in [1.82, 2.24) is 0 Å². The molecule has 1 heterocycles. The molecule has 0 aliphatic rings. The van der Waals surface area contributed by atoms with Crippen molar-refractivity contribution in [2.24, 2.45) is 0 Å². The number of benzene rings is 9. The normalized spacial score (nSPS) is 12.0. The van der Waals surface area contributed by atoms with Crippen LogP contribution in [0.15, 0.2) is 162 Å². The van der Waals surface area contributed by atoms with Crippen LogP contribution in [0, 0.1) is 0 Å².